The number of rotatable bonds is 2. The van der Waals surface area contributed by atoms with Crippen molar-refractivity contribution in [2.45, 2.75) is 45.1 Å². The van der Waals surface area contributed by atoms with Crippen molar-refractivity contribution >= 4 is 17.4 Å². The molecule has 2 aliphatic rings. The first-order chi connectivity index (χ1) is 13.6. The summed E-state index contributed by atoms with van der Waals surface area (Å²) in [5.41, 5.74) is 6.55. The molecule has 0 radical (unpaired) electrons. The summed E-state index contributed by atoms with van der Waals surface area (Å²) in [5, 5.41) is 0. The number of carbonyl (C=O) groups is 1. The molecular formula is C24H23N3O. The summed E-state index contributed by atoms with van der Waals surface area (Å²) in [4.78, 5) is 24.5. The van der Waals surface area contributed by atoms with Crippen molar-refractivity contribution in [3.05, 3.63) is 82.7 Å². The third-order valence-electron chi connectivity index (χ3n) is 6.08. The Morgan fingerprint density at radius 2 is 1.79 bits per heavy atom. The molecule has 1 aliphatic heterocycles. The van der Waals surface area contributed by atoms with Crippen LogP contribution in [0.5, 0.6) is 0 Å². The van der Waals surface area contributed by atoms with Crippen LogP contribution < -0.4 is 4.90 Å². The van der Waals surface area contributed by atoms with Crippen LogP contribution in [-0.4, -0.2) is 21.8 Å². The minimum Gasteiger partial charge on any atom is -0.307 e. The van der Waals surface area contributed by atoms with Crippen LogP contribution in [0.3, 0.4) is 0 Å². The Balaban J connectivity index is 1.53. The van der Waals surface area contributed by atoms with E-state index in [4.69, 9.17) is 4.98 Å². The SMILES string of the molecule is Cc1ccccc1[C@H]1CC(=O)c2cnc(N3c4ccccc4C[C@H]3C)nc2C1. The second kappa shape index (κ2) is 6.55. The summed E-state index contributed by atoms with van der Waals surface area (Å²) in [5.74, 6) is 1.04. The lowest BCUT2D eigenvalue weighted by molar-refractivity contribution is 0.0962. The van der Waals surface area contributed by atoms with E-state index in [0.717, 1.165) is 18.5 Å². The Morgan fingerprint density at radius 3 is 2.64 bits per heavy atom. The van der Waals surface area contributed by atoms with Crippen LogP contribution >= 0.6 is 0 Å². The molecule has 2 atom stereocenters. The molecule has 0 saturated carbocycles. The van der Waals surface area contributed by atoms with E-state index in [0.29, 0.717) is 24.0 Å². The molecule has 1 aromatic heterocycles. The Bertz CT molecular complexity index is 1070. The van der Waals surface area contributed by atoms with E-state index in [9.17, 15) is 4.79 Å². The van der Waals surface area contributed by atoms with Gasteiger partial charge in [-0.2, -0.15) is 0 Å². The second-order valence-corrected chi connectivity index (χ2v) is 7.97. The van der Waals surface area contributed by atoms with Crippen LogP contribution in [0.4, 0.5) is 11.6 Å². The summed E-state index contributed by atoms with van der Waals surface area (Å²) >= 11 is 0. The number of fused-ring (bicyclic) bond motifs is 2. The van der Waals surface area contributed by atoms with Crippen LogP contribution in [0.25, 0.3) is 0 Å². The Labute approximate surface area is 165 Å². The summed E-state index contributed by atoms with van der Waals surface area (Å²) in [6.45, 7) is 4.31. The molecule has 4 heteroatoms. The zero-order valence-electron chi connectivity index (χ0n) is 16.2. The van der Waals surface area contributed by atoms with E-state index in [1.807, 2.05) is 6.07 Å². The highest BCUT2D eigenvalue weighted by molar-refractivity contribution is 5.98. The number of nitrogens with zero attached hydrogens (tertiary/aromatic N) is 3. The quantitative estimate of drug-likeness (QED) is 0.652. The lowest BCUT2D eigenvalue weighted by Gasteiger charge is -2.27. The first-order valence-electron chi connectivity index (χ1n) is 9.93. The topological polar surface area (TPSA) is 46.1 Å². The van der Waals surface area contributed by atoms with Gasteiger partial charge in [0.05, 0.1) is 11.3 Å². The zero-order chi connectivity index (χ0) is 19.3. The van der Waals surface area contributed by atoms with Crippen LogP contribution in [0.2, 0.25) is 0 Å². The van der Waals surface area contributed by atoms with E-state index < -0.39 is 0 Å². The molecule has 3 aromatic rings. The smallest absolute Gasteiger partial charge is 0.230 e. The van der Waals surface area contributed by atoms with E-state index in [1.54, 1.807) is 6.20 Å². The van der Waals surface area contributed by atoms with Crippen molar-refractivity contribution in [2.75, 3.05) is 4.90 Å². The highest BCUT2D eigenvalue weighted by Crippen LogP contribution is 2.38. The lowest BCUT2D eigenvalue weighted by atomic mass is 9.81. The van der Waals surface area contributed by atoms with E-state index in [2.05, 4.69) is 66.2 Å². The molecule has 2 heterocycles. The van der Waals surface area contributed by atoms with Gasteiger partial charge in [-0.3, -0.25) is 4.79 Å². The van der Waals surface area contributed by atoms with Crippen LogP contribution in [-0.2, 0) is 12.8 Å². The summed E-state index contributed by atoms with van der Waals surface area (Å²) in [6.07, 6.45) is 4.04. The molecule has 0 spiro atoms. The molecule has 140 valence electrons. The standard InChI is InChI=1S/C24H23N3O/c1-15-7-3-5-9-19(15)18-12-21-20(23(28)13-18)14-25-24(26-21)27-16(2)11-17-8-4-6-10-22(17)27/h3-10,14,16,18H,11-13H2,1-2H3/t16-,18-/m1/s1. The number of anilines is 2. The summed E-state index contributed by atoms with van der Waals surface area (Å²) in [7, 11) is 0. The average Bonchev–Trinajstić information content (AvgIpc) is 3.03. The van der Waals surface area contributed by atoms with Gasteiger partial charge in [-0.25, -0.2) is 9.97 Å². The predicted molar refractivity (Wildman–Crippen MR) is 110 cm³/mol. The van der Waals surface area contributed by atoms with Gasteiger partial charge in [0.2, 0.25) is 5.95 Å². The third-order valence-corrected chi connectivity index (χ3v) is 6.08. The molecule has 0 amide bonds. The maximum atomic E-state index is 12.8. The molecule has 0 fully saturated rings. The Kier molecular flexibility index (Phi) is 4.00. The van der Waals surface area contributed by atoms with Gasteiger partial charge in [-0.1, -0.05) is 42.5 Å². The van der Waals surface area contributed by atoms with Gasteiger partial charge in [-0.15, -0.1) is 0 Å². The molecule has 0 N–H and O–H groups in total. The monoisotopic (exact) mass is 369 g/mol. The number of hydrogen-bond acceptors (Lipinski definition) is 4. The fourth-order valence-corrected chi connectivity index (χ4v) is 4.69. The van der Waals surface area contributed by atoms with Gasteiger partial charge in [-0.05, 0) is 55.4 Å². The highest BCUT2D eigenvalue weighted by Gasteiger charge is 2.32. The van der Waals surface area contributed by atoms with Crippen molar-refractivity contribution in [1.82, 2.24) is 9.97 Å². The minimum atomic E-state index is 0.149. The largest absolute Gasteiger partial charge is 0.307 e. The number of aryl methyl sites for hydroxylation is 1. The first kappa shape index (κ1) is 17.1. The number of carbonyl (C=O) groups excluding carboxylic acids is 1. The maximum absolute atomic E-state index is 12.8. The predicted octanol–water partition coefficient (Wildman–Crippen LogP) is 4.78. The number of para-hydroxylation sites is 1. The van der Waals surface area contributed by atoms with Gasteiger partial charge in [0.25, 0.3) is 0 Å². The normalized spacial score (nSPS) is 20.8. The van der Waals surface area contributed by atoms with Crippen molar-refractivity contribution in [3.63, 3.8) is 0 Å². The summed E-state index contributed by atoms with van der Waals surface area (Å²) in [6, 6.07) is 17.1. The van der Waals surface area contributed by atoms with E-state index in [1.165, 1.54) is 22.4 Å². The van der Waals surface area contributed by atoms with Gasteiger partial charge >= 0.3 is 0 Å². The van der Waals surface area contributed by atoms with Crippen molar-refractivity contribution in [3.8, 4) is 0 Å². The molecule has 0 unspecified atom stereocenters. The average molecular weight is 369 g/mol. The molecule has 0 bridgehead atoms. The van der Waals surface area contributed by atoms with Crippen LogP contribution in [0.1, 0.15) is 52.0 Å². The van der Waals surface area contributed by atoms with E-state index in [-0.39, 0.29) is 11.7 Å². The molecule has 1 aliphatic carbocycles. The highest BCUT2D eigenvalue weighted by atomic mass is 16.1. The number of hydrogen-bond donors (Lipinski definition) is 0. The molecule has 0 saturated heterocycles. The van der Waals surface area contributed by atoms with Crippen molar-refractivity contribution in [2.24, 2.45) is 0 Å². The molecule has 2 aromatic carbocycles. The minimum absolute atomic E-state index is 0.149. The van der Waals surface area contributed by atoms with Gasteiger partial charge in [0, 0.05) is 24.3 Å². The second-order valence-electron chi connectivity index (χ2n) is 7.97. The third kappa shape index (κ3) is 2.71. The lowest BCUT2D eigenvalue weighted by Crippen LogP contribution is -2.28. The van der Waals surface area contributed by atoms with Crippen LogP contribution in [0.15, 0.2) is 54.7 Å². The van der Waals surface area contributed by atoms with Gasteiger partial charge < -0.3 is 4.90 Å². The molecule has 28 heavy (non-hydrogen) atoms. The maximum Gasteiger partial charge on any atom is 0.230 e. The summed E-state index contributed by atoms with van der Waals surface area (Å²) < 4.78 is 0. The zero-order valence-corrected chi connectivity index (χ0v) is 16.2. The van der Waals surface area contributed by atoms with Crippen LogP contribution in [0, 0.1) is 6.92 Å². The molecule has 4 nitrogen and oxygen atoms in total. The Morgan fingerprint density at radius 1 is 1.00 bits per heavy atom. The Hall–Kier alpha value is -3.01. The van der Waals surface area contributed by atoms with Gasteiger partial charge in [0.15, 0.2) is 5.78 Å². The fourth-order valence-electron chi connectivity index (χ4n) is 4.69. The number of ketones is 1. The number of aromatic nitrogens is 2. The number of Topliss-reactive ketones (excluding diaryl/α,β-unsaturated/α-hetero) is 1. The first-order valence-corrected chi connectivity index (χ1v) is 9.93. The molecule has 5 rings (SSSR count). The van der Waals surface area contributed by atoms with Crippen molar-refractivity contribution < 1.29 is 4.79 Å². The molecular weight excluding hydrogens is 346 g/mol. The van der Waals surface area contributed by atoms with Crippen molar-refractivity contribution in [1.29, 1.82) is 0 Å². The number of benzene rings is 2. The fraction of sp³-hybridized carbons (Fsp3) is 0.292. The van der Waals surface area contributed by atoms with Gasteiger partial charge in [0.1, 0.15) is 0 Å². The van der Waals surface area contributed by atoms with E-state index >= 15 is 0 Å².